The molecule has 84 valence electrons. The maximum atomic E-state index is 6.05. The van der Waals surface area contributed by atoms with E-state index in [-0.39, 0.29) is 0 Å². The van der Waals surface area contributed by atoms with Crippen LogP contribution in [-0.2, 0) is 6.54 Å². The molecule has 3 nitrogen and oxygen atoms in total. The maximum Gasteiger partial charge on any atom is 0.225 e. The third-order valence-electron chi connectivity index (χ3n) is 2.66. The molecule has 0 N–H and O–H groups in total. The van der Waals surface area contributed by atoms with Gasteiger partial charge in [0.15, 0.2) is 0 Å². The minimum absolute atomic E-state index is 0.386. The second kappa shape index (κ2) is 4.74. The van der Waals surface area contributed by atoms with E-state index in [9.17, 15) is 0 Å². The van der Waals surface area contributed by atoms with Gasteiger partial charge in [-0.25, -0.2) is 0 Å². The van der Waals surface area contributed by atoms with Crippen molar-refractivity contribution in [2.75, 3.05) is 5.75 Å². The highest BCUT2D eigenvalue weighted by Gasteiger charge is 2.20. The molecule has 0 saturated carbocycles. The fraction of sp³-hybridized carbons (Fsp3) is 0.800. The second-order valence-electron chi connectivity index (χ2n) is 4.23. The molecule has 0 radical (unpaired) electrons. The summed E-state index contributed by atoms with van der Waals surface area (Å²) >= 11 is 8.08. The van der Waals surface area contributed by atoms with E-state index in [1.165, 1.54) is 18.6 Å². The van der Waals surface area contributed by atoms with Gasteiger partial charge in [-0.3, -0.25) is 0 Å². The Kier molecular flexibility index (Phi) is 3.57. The molecule has 1 aromatic rings. The lowest BCUT2D eigenvalue weighted by Crippen LogP contribution is -2.13. The summed E-state index contributed by atoms with van der Waals surface area (Å²) in [6.45, 7) is 5.21. The van der Waals surface area contributed by atoms with Crippen LogP contribution in [0.2, 0.25) is 5.28 Å². The van der Waals surface area contributed by atoms with Crippen LogP contribution in [0.1, 0.15) is 38.4 Å². The Morgan fingerprint density at radius 2 is 2.33 bits per heavy atom. The third kappa shape index (κ3) is 2.48. The molecule has 0 amide bonds. The first-order chi connectivity index (χ1) is 7.18. The summed E-state index contributed by atoms with van der Waals surface area (Å²) in [6, 6.07) is 0. The van der Waals surface area contributed by atoms with Gasteiger partial charge in [-0.1, -0.05) is 13.8 Å². The van der Waals surface area contributed by atoms with E-state index in [0.29, 0.717) is 16.5 Å². The highest BCUT2D eigenvalue weighted by Crippen LogP contribution is 2.29. The fourth-order valence-electron chi connectivity index (χ4n) is 1.88. The van der Waals surface area contributed by atoms with Crippen LogP contribution in [0.25, 0.3) is 0 Å². The van der Waals surface area contributed by atoms with Gasteiger partial charge in [-0.05, 0) is 30.2 Å². The van der Waals surface area contributed by atoms with E-state index in [2.05, 4.69) is 28.6 Å². The normalized spacial score (nSPS) is 21.5. The molecular formula is C10H16ClN3S. The van der Waals surface area contributed by atoms with Crippen molar-refractivity contribution >= 4 is 23.4 Å². The van der Waals surface area contributed by atoms with Crippen molar-refractivity contribution < 1.29 is 0 Å². The lowest BCUT2D eigenvalue weighted by atomic mass is 10.2. The van der Waals surface area contributed by atoms with Gasteiger partial charge in [-0.15, -0.1) is 10.2 Å². The smallest absolute Gasteiger partial charge is 0.225 e. The van der Waals surface area contributed by atoms with Gasteiger partial charge in [0.05, 0.1) is 0 Å². The molecule has 1 atom stereocenters. The highest BCUT2D eigenvalue weighted by atomic mass is 35.5. The molecule has 1 aliphatic heterocycles. The molecule has 0 spiro atoms. The molecule has 15 heavy (non-hydrogen) atoms. The van der Waals surface area contributed by atoms with Crippen molar-refractivity contribution in [2.45, 2.75) is 44.4 Å². The van der Waals surface area contributed by atoms with Crippen molar-refractivity contribution in [1.82, 2.24) is 14.8 Å². The van der Waals surface area contributed by atoms with Gasteiger partial charge in [0.25, 0.3) is 0 Å². The largest absolute Gasteiger partial charge is 0.300 e. The minimum atomic E-state index is 0.386. The Labute approximate surface area is 99.6 Å². The van der Waals surface area contributed by atoms with Crippen LogP contribution in [0.5, 0.6) is 0 Å². The number of nitrogens with zero attached hydrogens (tertiary/aromatic N) is 3. The Balaban J connectivity index is 2.14. The molecule has 2 heterocycles. The Morgan fingerprint density at radius 3 is 2.93 bits per heavy atom. The van der Waals surface area contributed by atoms with Crippen molar-refractivity contribution in [3.63, 3.8) is 0 Å². The van der Waals surface area contributed by atoms with Gasteiger partial charge in [0.1, 0.15) is 5.82 Å². The SMILES string of the molecule is CC(C)c1nnc(Cl)n1CC1CCCS1. The molecule has 1 aliphatic rings. The molecule has 0 bridgehead atoms. The first-order valence-corrected chi connectivity index (χ1v) is 6.81. The van der Waals surface area contributed by atoms with Crippen molar-refractivity contribution in [3.8, 4) is 0 Å². The van der Waals surface area contributed by atoms with Crippen molar-refractivity contribution in [3.05, 3.63) is 11.1 Å². The molecule has 2 rings (SSSR count). The number of hydrogen-bond acceptors (Lipinski definition) is 3. The lowest BCUT2D eigenvalue weighted by molar-refractivity contribution is 0.590. The Bertz CT molecular complexity index is 331. The topological polar surface area (TPSA) is 30.7 Å². The van der Waals surface area contributed by atoms with E-state index >= 15 is 0 Å². The summed E-state index contributed by atoms with van der Waals surface area (Å²) in [5.74, 6) is 2.67. The zero-order valence-electron chi connectivity index (χ0n) is 9.11. The van der Waals surface area contributed by atoms with Crippen molar-refractivity contribution in [1.29, 1.82) is 0 Å². The zero-order chi connectivity index (χ0) is 10.8. The fourth-order valence-corrected chi connectivity index (χ4v) is 3.33. The summed E-state index contributed by atoms with van der Waals surface area (Å²) in [7, 11) is 0. The molecule has 0 aliphatic carbocycles. The quantitative estimate of drug-likeness (QED) is 0.821. The summed E-state index contributed by atoms with van der Waals surface area (Å²) in [5.41, 5.74) is 0. The Morgan fingerprint density at radius 1 is 1.53 bits per heavy atom. The summed E-state index contributed by atoms with van der Waals surface area (Å²) in [6.07, 6.45) is 2.61. The number of thioether (sulfide) groups is 1. The third-order valence-corrected chi connectivity index (χ3v) is 4.32. The summed E-state index contributed by atoms with van der Waals surface area (Å²) in [5, 5.41) is 9.30. The predicted molar refractivity (Wildman–Crippen MR) is 64.6 cm³/mol. The van der Waals surface area contributed by atoms with Crippen LogP contribution < -0.4 is 0 Å². The van der Waals surface area contributed by atoms with Crippen LogP contribution in [-0.4, -0.2) is 25.8 Å². The van der Waals surface area contributed by atoms with Gasteiger partial charge < -0.3 is 4.57 Å². The maximum absolute atomic E-state index is 6.05. The highest BCUT2D eigenvalue weighted by molar-refractivity contribution is 8.00. The molecular weight excluding hydrogens is 230 g/mol. The Hall–Kier alpha value is -0.220. The standard InChI is InChI=1S/C10H16ClN3S/c1-7(2)9-12-13-10(11)14(9)6-8-4-3-5-15-8/h7-8H,3-6H2,1-2H3. The second-order valence-corrected chi connectivity index (χ2v) is 5.97. The predicted octanol–water partition coefficient (Wildman–Crippen LogP) is 2.95. The molecule has 0 aromatic carbocycles. The molecule has 1 unspecified atom stereocenters. The molecule has 5 heteroatoms. The van der Waals surface area contributed by atoms with Gasteiger partial charge >= 0.3 is 0 Å². The minimum Gasteiger partial charge on any atom is -0.300 e. The van der Waals surface area contributed by atoms with E-state index in [4.69, 9.17) is 11.6 Å². The molecule has 1 fully saturated rings. The number of halogens is 1. The zero-order valence-corrected chi connectivity index (χ0v) is 10.7. The van der Waals surface area contributed by atoms with Gasteiger partial charge in [0.2, 0.25) is 5.28 Å². The summed E-state index contributed by atoms with van der Waals surface area (Å²) in [4.78, 5) is 0. The van der Waals surface area contributed by atoms with Crippen LogP contribution in [0.3, 0.4) is 0 Å². The molecule has 1 saturated heterocycles. The molecule has 1 aromatic heterocycles. The van der Waals surface area contributed by atoms with E-state index in [0.717, 1.165) is 12.4 Å². The van der Waals surface area contributed by atoms with Gasteiger partial charge in [0, 0.05) is 17.7 Å². The number of rotatable bonds is 3. The number of aromatic nitrogens is 3. The van der Waals surface area contributed by atoms with E-state index in [1.807, 2.05) is 11.8 Å². The van der Waals surface area contributed by atoms with Crippen LogP contribution in [0.15, 0.2) is 0 Å². The number of hydrogen-bond donors (Lipinski definition) is 0. The van der Waals surface area contributed by atoms with E-state index in [1.54, 1.807) is 0 Å². The van der Waals surface area contributed by atoms with Crippen LogP contribution >= 0.6 is 23.4 Å². The average Bonchev–Trinajstić information content (AvgIpc) is 2.78. The van der Waals surface area contributed by atoms with Gasteiger partial charge in [-0.2, -0.15) is 11.8 Å². The van der Waals surface area contributed by atoms with Crippen LogP contribution in [0.4, 0.5) is 0 Å². The first kappa shape index (κ1) is 11.3. The van der Waals surface area contributed by atoms with Crippen LogP contribution in [0, 0.1) is 0 Å². The van der Waals surface area contributed by atoms with Crippen molar-refractivity contribution in [2.24, 2.45) is 0 Å². The average molecular weight is 246 g/mol. The first-order valence-electron chi connectivity index (χ1n) is 5.38. The van der Waals surface area contributed by atoms with E-state index < -0.39 is 0 Å². The summed E-state index contributed by atoms with van der Waals surface area (Å²) < 4.78 is 2.06. The monoisotopic (exact) mass is 245 g/mol. The lowest BCUT2D eigenvalue weighted by Gasteiger charge is -2.13.